The van der Waals surface area contributed by atoms with E-state index >= 15 is 0 Å². The van der Waals surface area contributed by atoms with E-state index in [2.05, 4.69) is 13.8 Å². The molecule has 2 fully saturated rings. The fourth-order valence-electron chi connectivity index (χ4n) is 3.17. The van der Waals surface area contributed by atoms with Crippen molar-refractivity contribution in [2.45, 2.75) is 52.1 Å². The minimum absolute atomic E-state index is 0.104. The Kier molecular flexibility index (Phi) is 4.32. The molecular weight excluding hydrogens is 242 g/mol. The zero-order chi connectivity index (χ0) is 14.0. The van der Waals surface area contributed by atoms with Crippen molar-refractivity contribution in [3.8, 4) is 0 Å². The Labute approximate surface area is 115 Å². The Morgan fingerprint density at radius 2 is 1.37 bits per heavy atom. The second-order valence-electron chi connectivity index (χ2n) is 5.81. The Bertz CT molecular complexity index is 341. The molecule has 19 heavy (non-hydrogen) atoms. The summed E-state index contributed by atoms with van der Waals surface area (Å²) in [6.45, 7) is 8.52. The lowest BCUT2D eigenvalue weighted by molar-refractivity contribution is -0.130. The summed E-state index contributed by atoms with van der Waals surface area (Å²) in [7, 11) is 0. The molecule has 5 heteroatoms. The number of carbonyl (C=O) groups is 2. The van der Waals surface area contributed by atoms with Crippen molar-refractivity contribution in [3.05, 3.63) is 0 Å². The number of piperidine rings is 1. The summed E-state index contributed by atoms with van der Waals surface area (Å²) in [6, 6.07) is 0.826. The topological polar surface area (TPSA) is 43.9 Å². The molecule has 0 aromatic carbocycles. The average molecular weight is 267 g/mol. The van der Waals surface area contributed by atoms with Crippen LogP contribution in [0.1, 0.15) is 40.0 Å². The van der Waals surface area contributed by atoms with Crippen molar-refractivity contribution in [2.24, 2.45) is 0 Å². The standard InChI is InChI=1S/C14H25N3O2/c1-11-5-4-6-12(2)17(11)14(19)16-9-7-15(8-10-16)13(3)18/h11-12H,4-10H2,1-3H3/t11-,12+. The highest BCUT2D eigenvalue weighted by atomic mass is 16.2. The fourth-order valence-corrected chi connectivity index (χ4v) is 3.17. The summed E-state index contributed by atoms with van der Waals surface area (Å²) in [4.78, 5) is 29.6. The molecule has 2 atom stereocenters. The lowest BCUT2D eigenvalue weighted by Crippen LogP contribution is -2.58. The number of carbonyl (C=O) groups excluding carboxylic acids is 2. The van der Waals surface area contributed by atoms with Gasteiger partial charge in [0.15, 0.2) is 0 Å². The first kappa shape index (κ1) is 14.2. The third-order valence-electron chi connectivity index (χ3n) is 4.41. The zero-order valence-corrected chi connectivity index (χ0v) is 12.3. The second-order valence-corrected chi connectivity index (χ2v) is 5.81. The van der Waals surface area contributed by atoms with E-state index in [1.807, 2.05) is 14.7 Å². The SMILES string of the molecule is CC(=O)N1CCN(C(=O)N2[C@H](C)CCC[C@@H]2C)CC1. The van der Waals surface area contributed by atoms with Gasteiger partial charge in [0.05, 0.1) is 0 Å². The van der Waals surface area contributed by atoms with Gasteiger partial charge in [-0.2, -0.15) is 0 Å². The molecule has 0 aromatic heterocycles. The van der Waals surface area contributed by atoms with Crippen LogP contribution in [-0.4, -0.2) is 64.9 Å². The zero-order valence-electron chi connectivity index (χ0n) is 12.3. The number of nitrogens with zero attached hydrogens (tertiary/aromatic N) is 3. The third-order valence-corrected chi connectivity index (χ3v) is 4.41. The van der Waals surface area contributed by atoms with Crippen LogP contribution in [0, 0.1) is 0 Å². The van der Waals surface area contributed by atoms with Gasteiger partial charge in [0.1, 0.15) is 0 Å². The highest BCUT2D eigenvalue weighted by molar-refractivity contribution is 5.76. The monoisotopic (exact) mass is 267 g/mol. The molecule has 2 rings (SSSR count). The molecule has 0 unspecified atom stereocenters. The van der Waals surface area contributed by atoms with Crippen LogP contribution in [-0.2, 0) is 4.79 Å². The molecule has 0 saturated carbocycles. The summed E-state index contributed by atoms with van der Waals surface area (Å²) in [5.74, 6) is 0.104. The molecule has 2 aliphatic heterocycles. The van der Waals surface area contributed by atoms with E-state index in [1.54, 1.807) is 6.92 Å². The van der Waals surface area contributed by atoms with Crippen LogP contribution < -0.4 is 0 Å². The minimum Gasteiger partial charge on any atom is -0.339 e. The lowest BCUT2D eigenvalue weighted by atomic mass is 9.98. The number of hydrogen-bond donors (Lipinski definition) is 0. The highest BCUT2D eigenvalue weighted by Gasteiger charge is 2.33. The van der Waals surface area contributed by atoms with Crippen LogP contribution in [0.5, 0.6) is 0 Å². The van der Waals surface area contributed by atoms with E-state index in [9.17, 15) is 9.59 Å². The molecule has 2 heterocycles. The molecule has 5 nitrogen and oxygen atoms in total. The summed E-state index contributed by atoms with van der Waals surface area (Å²) >= 11 is 0. The van der Waals surface area contributed by atoms with Crippen molar-refractivity contribution < 1.29 is 9.59 Å². The van der Waals surface area contributed by atoms with E-state index in [1.165, 1.54) is 6.42 Å². The Morgan fingerprint density at radius 1 is 0.895 bits per heavy atom. The van der Waals surface area contributed by atoms with Gasteiger partial charge in [0.2, 0.25) is 5.91 Å². The normalized spacial score (nSPS) is 28.5. The number of urea groups is 1. The van der Waals surface area contributed by atoms with E-state index in [0.29, 0.717) is 38.3 Å². The number of rotatable bonds is 0. The smallest absolute Gasteiger partial charge is 0.320 e. The fraction of sp³-hybridized carbons (Fsp3) is 0.857. The molecule has 108 valence electrons. The molecule has 0 radical (unpaired) electrons. The summed E-state index contributed by atoms with van der Waals surface area (Å²) in [5, 5.41) is 0. The molecule has 0 N–H and O–H groups in total. The first-order chi connectivity index (χ1) is 9.00. The molecule has 0 bridgehead atoms. The maximum absolute atomic E-state index is 12.6. The van der Waals surface area contributed by atoms with Gasteiger partial charge in [-0.3, -0.25) is 4.79 Å². The summed E-state index contributed by atoms with van der Waals surface area (Å²) in [6.07, 6.45) is 3.41. The van der Waals surface area contributed by atoms with Gasteiger partial charge in [-0.25, -0.2) is 4.79 Å². The van der Waals surface area contributed by atoms with Crippen LogP contribution in [0.2, 0.25) is 0 Å². The van der Waals surface area contributed by atoms with Gasteiger partial charge in [-0.05, 0) is 33.1 Å². The molecule has 3 amide bonds. The van der Waals surface area contributed by atoms with Crippen LogP contribution in [0.4, 0.5) is 4.79 Å². The summed E-state index contributed by atoms with van der Waals surface area (Å²) < 4.78 is 0. The number of amides is 3. The van der Waals surface area contributed by atoms with Gasteiger partial charge < -0.3 is 14.7 Å². The third kappa shape index (κ3) is 3.01. The first-order valence-corrected chi connectivity index (χ1v) is 7.33. The highest BCUT2D eigenvalue weighted by Crippen LogP contribution is 2.24. The Morgan fingerprint density at radius 3 is 1.84 bits per heavy atom. The molecular formula is C14H25N3O2. The average Bonchev–Trinajstić information content (AvgIpc) is 2.38. The molecule has 0 aromatic rings. The number of piperazine rings is 1. The van der Waals surface area contributed by atoms with Crippen molar-refractivity contribution >= 4 is 11.9 Å². The quantitative estimate of drug-likeness (QED) is 0.668. The summed E-state index contributed by atoms with van der Waals surface area (Å²) in [5.41, 5.74) is 0. The van der Waals surface area contributed by atoms with E-state index in [-0.39, 0.29) is 11.9 Å². The van der Waals surface area contributed by atoms with Crippen LogP contribution in [0.3, 0.4) is 0 Å². The van der Waals surface area contributed by atoms with Gasteiger partial charge in [-0.1, -0.05) is 0 Å². The van der Waals surface area contributed by atoms with Crippen LogP contribution in [0.25, 0.3) is 0 Å². The van der Waals surface area contributed by atoms with Gasteiger partial charge in [0, 0.05) is 45.2 Å². The maximum Gasteiger partial charge on any atom is 0.320 e. The second kappa shape index (κ2) is 5.80. The molecule has 0 spiro atoms. The predicted molar refractivity (Wildman–Crippen MR) is 73.8 cm³/mol. The lowest BCUT2D eigenvalue weighted by Gasteiger charge is -2.43. The predicted octanol–water partition coefficient (Wildman–Crippen LogP) is 1.53. The number of hydrogen-bond acceptors (Lipinski definition) is 2. The van der Waals surface area contributed by atoms with Gasteiger partial charge in [-0.15, -0.1) is 0 Å². The van der Waals surface area contributed by atoms with Gasteiger partial charge >= 0.3 is 6.03 Å². The Hall–Kier alpha value is -1.26. The van der Waals surface area contributed by atoms with Crippen LogP contribution >= 0.6 is 0 Å². The van der Waals surface area contributed by atoms with Gasteiger partial charge in [0.25, 0.3) is 0 Å². The van der Waals surface area contributed by atoms with Crippen molar-refractivity contribution in [2.75, 3.05) is 26.2 Å². The molecule has 2 saturated heterocycles. The van der Waals surface area contributed by atoms with Crippen molar-refractivity contribution in [3.63, 3.8) is 0 Å². The van der Waals surface area contributed by atoms with Crippen molar-refractivity contribution in [1.29, 1.82) is 0 Å². The van der Waals surface area contributed by atoms with E-state index in [4.69, 9.17) is 0 Å². The molecule has 0 aliphatic carbocycles. The maximum atomic E-state index is 12.6. The van der Waals surface area contributed by atoms with Crippen molar-refractivity contribution in [1.82, 2.24) is 14.7 Å². The largest absolute Gasteiger partial charge is 0.339 e. The molecule has 2 aliphatic rings. The van der Waals surface area contributed by atoms with Crippen LogP contribution in [0.15, 0.2) is 0 Å². The van der Waals surface area contributed by atoms with E-state index < -0.39 is 0 Å². The first-order valence-electron chi connectivity index (χ1n) is 7.33. The number of likely N-dealkylation sites (tertiary alicyclic amines) is 1. The minimum atomic E-state index is 0.104. The Balaban J connectivity index is 1.95. The van der Waals surface area contributed by atoms with E-state index in [0.717, 1.165) is 12.8 Å².